The topological polar surface area (TPSA) is 86.5 Å². The number of hydrogen-bond donors (Lipinski definition) is 1. The van der Waals surface area contributed by atoms with Crippen LogP contribution in [-0.2, 0) is 11.2 Å². The summed E-state index contributed by atoms with van der Waals surface area (Å²) in [7, 11) is 0. The van der Waals surface area contributed by atoms with Crippen molar-refractivity contribution in [2.24, 2.45) is 0 Å². The predicted octanol–water partition coefficient (Wildman–Crippen LogP) is 3.22. The van der Waals surface area contributed by atoms with Gasteiger partial charge < -0.3 is 19.3 Å². The Balaban J connectivity index is 1.34. The molecule has 8 heteroatoms. The predicted molar refractivity (Wildman–Crippen MR) is 94.1 cm³/mol. The molecule has 0 saturated carbocycles. The van der Waals surface area contributed by atoms with Crippen molar-refractivity contribution in [1.82, 2.24) is 10.1 Å². The molecule has 1 aliphatic heterocycles. The summed E-state index contributed by atoms with van der Waals surface area (Å²) in [5.41, 5.74) is 1.27. The van der Waals surface area contributed by atoms with E-state index in [2.05, 4.69) is 15.5 Å². The number of hydrogen-bond acceptors (Lipinski definition) is 6. The molecule has 0 saturated heterocycles. The second kappa shape index (κ2) is 7.45. The minimum absolute atomic E-state index is 0.180. The van der Waals surface area contributed by atoms with Crippen molar-refractivity contribution >= 4 is 11.6 Å². The first-order valence-corrected chi connectivity index (χ1v) is 8.45. The van der Waals surface area contributed by atoms with Crippen LogP contribution in [0, 0.1) is 5.82 Å². The highest BCUT2D eigenvalue weighted by Gasteiger charge is 2.14. The molecular weight excluding hydrogens is 353 g/mol. The van der Waals surface area contributed by atoms with Gasteiger partial charge in [0, 0.05) is 30.2 Å². The molecule has 7 nitrogen and oxygen atoms in total. The Bertz CT molecular complexity index is 956. The maximum absolute atomic E-state index is 13.0. The number of amides is 1. The lowest BCUT2D eigenvalue weighted by atomic mass is 10.2. The molecule has 2 aromatic carbocycles. The summed E-state index contributed by atoms with van der Waals surface area (Å²) < 4.78 is 29.1. The number of carbonyl (C=O) groups is 1. The number of rotatable bonds is 5. The van der Waals surface area contributed by atoms with Gasteiger partial charge in [0.25, 0.3) is 0 Å². The van der Waals surface area contributed by atoms with Crippen molar-refractivity contribution in [1.29, 1.82) is 0 Å². The van der Waals surface area contributed by atoms with E-state index < -0.39 is 0 Å². The first-order valence-electron chi connectivity index (χ1n) is 8.45. The lowest BCUT2D eigenvalue weighted by Crippen LogP contribution is -2.16. The van der Waals surface area contributed by atoms with Crippen LogP contribution in [0.1, 0.15) is 12.3 Å². The number of aryl methyl sites for hydroxylation is 1. The molecule has 1 aromatic heterocycles. The molecular formula is C19H16FN3O4. The molecule has 0 atom stereocenters. The Morgan fingerprint density at radius 1 is 1.07 bits per heavy atom. The number of halogens is 1. The molecule has 4 rings (SSSR count). The van der Waals surface area contributed by atoms with Crippen molar-refractivity contribution in [3.05, 3.63) is 54.2 Å². The first-order chi connectivity index (χ1) is 13.2. The van der Waals surface area contributed by atoms with Gasteiger partial charge in [0.1, 0.15) is 19.0 Å². The van der Waals surface area contributed by atoms with Crippen LogP contribution < -0.4 is 14.8 Å². The second-order valence-corrected chi connectivity index (χ2v) is 5.93. The number of nitrogens with zero attached hydrogens (tertiary/aromatic N) is 2. The lowest BCUT2D eigenvalue weighted by molar-refractivity contribution is -0.116. The highest BCUT2D eigenvalue weighted by molar-refractivity contribution is 5.91. The zero-order valence-electron chi connectivity index (χ0n) is 14.3. The van der Waals surface area contributed by atoms with E-state index in [0.717, 1.165) is 0 Å². The van der Waals surface area contributed by atoms with E-state index >= 15 is 0 Å². The lowest BCUT2D eigenvalue weighted by Gasteiger charge is -2.18. The van der Waals surface area contributed by atoms with Crippen molar-refractivity contribution in [2.75, 3.05) is 18.5 Å². The van der Waals surface area contributed by atoms with E-state index in [0.29, 0.717) is 54.1 Å². The van der Waals surface area contributed by atoms with Gasteiger partial charge in [-0.2, -0.15) is 4.98 Å². The number of carbonyl (C=O) groups excluding carboxylic acids is 1. The van der Waals surface area contributed by atoms with E-state index in [9.17, 15) is 9.18 Å². The maximum Gasteiger partial charge on any atom is 0.227 e. The van der Waals surface area contributed by atoms with Crippen LogP contribution in [0.15, 0.2) is 47.0 Å². The van der Waals surface area contributed by atoms with Gasteiger partial charge in [0.05, 0.1) is 0 Å². The van der Waals surface area contributed by atoms with Gasteiger partial charge in [-0.1, -0.05) is 5.16 Å². The van der Waals surface area contributed by atoms with Crippen molar-refractivity contribution < 1.29 is 23.2 Å². The number of aromatic nitrogens is 2. The highest BCUT2D eigenvalue weighted by Crippen LogP contribution is 2.32. The fourth-order valence-corrected chi connectivity index (χ4v) is 2.64. The van der Waals surface area contributed by atoms with Crippen LogP contribution in [-0.4, -0.2) is 29.3 Å². The Morgan fingerprint density at radius 3 is 2.67 bits per heavy atom. The number of nitrogens with one attached hydrogen (secondary N) is 1. The van der Waals surface area contributed by atoms with Crippen LogP contribution in [0.3, 0.4) is 0 Å². The second-order valence-electron chi connectivity index (χ2n) is 5.93. The summed E-state index contributed by atoms with van der Waals surface area (Å²) in [4.78, 5) is 16.4. The number of ether oxygens (including phenoxy) is 2. The van der Waals surface area contributed by atoms with E-state index in [4.69, 9.17) is 14.0 Å². The van der Waals surface area contributed by atoms with E-state index in [1.54, 1.807) is 30.3 Å². The molecule has 0 bridgehead atoms. The number of anilines is 1. The zero-order chi connectivity index (χ0) is 18.6. The van der Waals surface area contributed by atoms with Gasteiger partial charge >= 0.3 is 0 Å². The molecule has 0 radical (unpaired) electrons. The van der Waals surface area contributed by atoms with Crippen molar-refractivity contribution in [3.63, 3.8) is 0 Å². The summed E-state index contributed by atoms with van der Waals surface area (Å²) in [5.74, 6) is 1.45. The third-order valence-corrected chi connectivity index (χ3v) is 3.96. The number of benzene rings is 2. The van der Waals surface area contributed by atoms with Gasteiger partial charge in [0.15, 0.2) is 11.5 Å². The largest absolute Gasteiger partial charge is 0.486 e. The monoisotopic (exact) mass is 369 g/mol. The van der Waals surface area contributed by atoms with E-state index in [-0.39, 0.29) is 18.1 Å². The molecule has 0 spiro atoms. The van der Waals surface area contributed by atoms with Gasteiger partial charge in [-0.25, -0.2) is 4.39 Å². The van der Waals surface area contributed by atoms with Crippen LogP contribution in [0.5, 0.6) is 11.5 Å². The minimum atomic E-state index is -0.335. The quantitative estimate of drug-likeness (QED) is 0.743. The minimum Gasteiger partial charge on any atom is -0.486 e. The SMILES string of the molecule is O=C(CCc1nc(-c2ccc(F)cc2)no1)Nc1ccc2c(c1)OCCO2. The third kappa shape index (κ3) is 4.05. The molecule has 0 aliphatic carbocycles. The molecule has 0 fully saturated rings. The maximum atomic E-state index is 13.0. The Morgan fingerprint density at radius 2 is 1.85 bits per heavy atom. The summed E-state index contributed by atoms with van der Waals surface area (Å²) in [6.07, 6.45) is 0.476. The fourth-order valence-electron chi connectivity index (χ4n) is 2.64. The molecule has 1 amide bonds. The smallest absolute Gasteiger partial charge is 0.227 e. The Kier molecular flexibility index (Phi) is 4.69. The van der Waals surface area contributed by atoms with Gasteiger partial charge in [-0.3, -0.25) is 4.79 Å². The van der Waals surface area contributed by atoms with Crippen molar-refractivity contribution in [3.8, 4) is 22.9 Å². The summed E-state index contributed by atoms with van der Waals surface area (Å²) in [6, 6.07) is 11.0. The zero-order valence-corrected chi connectivity index (χ0v) is 14.3. The molecule has 1 N–H and O–H groups in total. The normalized spacial score (nSPS) is 12.6. The summed E-state index contributed by atoms with van der Waals surface area (Å²) in [5, 5.41) is 6.66. The third-order valence-electron chi connectivity index (χ3n) is 3.96. The average Bonchev–Trinajstić information content (AvgIpc) is 3.16. The summed E-state index contributed by atoms with van der Waals surface area (Å²) >= 11 is 0. The standard InChI is InChI=1S/C19H16FN3O4/c20-13-3-1-12(2-4-13)19-22-18(27-23-19)8-7-17(24)21-14-5-6-15-16(11-14)26-10-9-25-15/h1-6,11H,7-10H2,(H,21,24). The van der Waals surface area contributed by atoms with Crippen LogP contribution in [0.4, 0.5) is 10.1 Å². The van der Waals surface area contributed by atoms with Crippen LogP contribution >= 0.6 is 0 Å². The van der Waals surface area contributed by atoms with Crippen molar-refractivity contribution in [2.45, 2.75) is 12.8 Å². The van der Waals surface area contributed by atoms with Gasteiger partial charge in [-0.15, -0.1) is 0 Å². The molecule has 27 heavy (non-hydrogen) atoms. The molecule has 138 valence electrons. The van der Waals surface area contributed by atoms with Gasteiger partial charge in [-0.05, 0) is 36.4 Å². The Labute approximate surface area is 154 Å². The Hall–Kier alpha value is -3.42. The van der Waals surface area contributed by atoms with E-state index in [1.165, 1.54) is 12.1 Å². The van der Waals surface area contributed by atoms with Crippen LogP contribution in [0.25, 0.3) is 11.4 Å². The number of fused-ring (bicyclic) bond motifs is 1. The van der Waals surface area contributed by atoms with Crippen LogP contribution in [0.2, 0.25) is 0 Å². The summed E-state index contributed by atoms with van der Waals surface area (Å²) in [6.45, 7) is 1.00. The van der Waals surface area contributed by atoms with E-state index in [1.807, 2.05) is 0 Å². The fraction of sp³-hybridized carbons (Fsp3) is 0.211. The molecule has 3 aromatic rings. The molecule has 0 unspecified atom stereocenters. The highest BCUT2D eigenvalue weighted by atomic mass is 19.1. The first kappa shape index (κ1) is 17.0. The molecule has 2 heterocycles. The van der Waals surface area contributed by atoms with Gasteiger partial charge in [0.2, 0.25) is 17.6 Å². The average molecular weight is 369 g/mol. The molecule has 1 aliphatic rings.